The molecule has 0 fully saturated rings. The first-order valence-corrected chi connectivity index (χ1v) is 6.77. The van der Waals surface area contributed by atoms with Crippen LogP contribution in [-0.2, 0) is 11.3 Å². The number of rotatable bonds is 5. The smallest absolute Gasteiger partial charge is 0.244 e. The summed E-state index contributed by atoms with van der Waals surface area (Å²) in [6.07, 6.45) is 0. The summed E-state index contributed by atoms with van der Waals surface area (Å²) in [5.41, 5.74) is 2.09. The quantitative estimate of drug-likeness (QED) is 0.903. The fraction of sp³-hybridized carbons (Fsp3) is 0.235. The summed E-state index contributed by atoms with van der Waals surface area (Å²) in [5, 5.41) is 3.22. The van der Waals surface area contributed by atoms with Gasteiger partial charge < -0.3 is 10.2 Å². The van der Waals surface area contributed by atoms with Crippen LogP contribution in [0.25, 0.3) is 0 Å². The number of carbonyl (C=O) groups excluding carboxylic acids is 1. The van der Waals surface area contributed by atoms with E-state index in [0.717, 1.165) is 11.3 Å². The topological polar surface area (TPSA) is 32.3 Å². The van der Waals surface area contributed by atoms with Crippen molar-refractivity contribution in [1.29, 1.82) is 0 Å². The molecule has 0 radical (unpaired) electrons. The van der Waals surface area contributed by atoms with Gasteiger partial charge in [0.2, 0.25) is 5.91 Å². The van der Waals surface area contributed by atoms with Gasteiger partial charge >= 0.3 is 0 Å². The van der Waals surface area contributed by atoms with E-state index in [1.54, 1.807) is 4.90 Å². The van der Waals surface area contributed by atoms with Gasteiger partial charge in [0.15, 0.2) is 0 Å². The second kappa shape index (κ2) is 6.75. The molecule has 104 valence electrons. The molecular formula is C17H20N2O. The molecular weight excluding hydrogens is 248 g/mol. The van der Waals surface area contributed by atoms with Crippen LogP contribution in [0.5, 0.6) is 0 Å². The lowest BCUT2D eigenvalue weighted by atomic mass is 10.2. The van der Waals surface area contributed by atoms with Gasteiger partial charge in [-0.1, -0.05) is 48.5 Å². The van der Waals surface area contributed by atoms with E-state index in [9.17, 15) is 4.79 Å². The molecule has 0 saturated heterocycles. The van der Waals surface area contributed by atoms with Crippen molar-refractivity contribution in [2.24, 2.45) is 0 Å². The first-order chi connectivity index (χ1) is 9.66. The summed E-state index contributed by atoms with van der Waals surface area (Å²) in [7, 11) is 1.83. The summed E-state index contributed by atoms with van der Waals surface area (Å²) >= 11 is 0. The van der Waals surface area contributed by atoms with Crippen molar-refractivity contribution in [1.82, 2.24) is 4.90 Å². The van der Waals surface area contributed by atoms with E-state index >= 15 is 0 Å². The predicted octanol–water partition coefficient (Wildman–Crippen LogP) is 3.15. The molecule has 0 heterocycles. The van der Waals surface area contributed by atoms with Crippen molar-refractivity contribution in [3.63, 3.8) is 0 Å². The monoisotopic (exact) mass is 268 g/mol. The summed E-state index contributed by atoms with van der Waals surface area (Å²) in [6.45, 7) is 2.51. The average molecular weight is 268 g/mol. The highest BCUT2D eigenvalue weighted by Crippen LogP contribution is 2.09. The molecule has 20 heavy (non-hydrogen) atoms. The molecule has 1 atom stereocenters. The maximum atomic E-state index is 12.3. The van der Waals surface area contributed by atoms with Crippen LogP contribution in [0, 0.1) is 0 Å². The Morgan fingerprint density at radius 3 is 2.20 bits per heavy atom. The number of nitrogens with one attached hydrogen (secondary N) is 1. The lowest BCUT2D eigenvalue weighted by Gasteiger charge is -2.23. The summed E-state index contributed by atoms with van der Waals surface area (Å²) in [4.78, 5) is 14.1. The molecule has 0 aromatic heterocycles. The van der Waals surface area contributed by atoms with Crippen molar-refractivity contribution in [2.45, 2.75) is 19.5 Å². The molecule has 0 aliphatic rings. The Hall–Kier alpha value is -2.29. The summed E-state index contributed by atoms with van der Waals surface area (Å²) < 4.78 is 0. The third-order valence-electron chi connectivity index (χ3n) is 3.17. The lowest BCUT2D eigenvalue weighted by Crippen LogP contribution is -2.38. The van der Waals surface area contributed by atoms with Gasteiger partial charge in [-0.15, -0.1) is 0 Å². The Morgan fingerprint density at radius 1 is 1.05 bits per heavy atom. The molecule has 1 N–H and O–H groups in total. The van der Waals surface area contributed by atoms with E-state index < -0.39 is 0 Å². The van der Waals surface area contributed by atoms with Gasteiger partial charge in [-0.2, -0.15) is 0 Å². The van der Waals surface area contributed by atoms with E-state index in [1.165, 1.54) is 0 Å². The van der Waals surface area contributed by atoms with E-state index in [2.05, 4.69) is 5.32 Å². The zero-order valence-electron chi connectivity index (χ0n) is 11.9. The van der Waals surface area contributed by atoms with Crippen LogP contribution < -0.4 is 5.32 Å². The minimum atomic E-state index is -0.244. The Morgan fingerprint density at radius 2 is 1.60 bits per heavy atom. The number of nitrogens with zero attached hydrogens (tertiary/aromatic N) is 1. The number of benzene rings is 2. The molecule has 2 aromatic carbocycles. The minimum absolute atomic E-state index is 0.0812. The second-order valence-electron chi connectivity index (χ2n) is 4.91. The predicted molar refractivity (Wildman–Crippen MR) is 82.4 cm³/mol. The minimum Gasteiger partial charge on any atom is -0.374 e. The maximum absolute atomic E-state index is 12.3. The second-order valence-corrected chi connectivity index (χ2v) is 4.91. The van der Waals surface area contributed by atoms with Gasteiger partial charge in [-0.25, -0.2) is 0 Å². The largest absolute Gasteiger partial charge is 0.374 e. The van der Waals surface area contributed by atoms with Crippen LogP contribution in [0.15, 0.2) is 60.7 Å². The highest BCUT2D eigenvalue weighted by atomic mass is 16.2. The summed E-state index contributed by atoms with van der Waals surface area (Å²) in [6, 6.07) is 19.5. The summed E-state index contributed by atoms with van der Waals surface area (Å²) in [5.74, 6) is 0.0812. The van der Waals surface area contributed by atoms with Crippen LogP contribution in [-0.4, -0.2) is 23.9 Å². The Kier molecular flexibility index (Phi) is 4.77. The number of anilines is 1. The van der Waals surface area contributed by atoms with Crippen molar-refractivity contribution in [3.8, 4) is 0 Å². The molecule has 0 bridgehead atoms. The van der Waals surface area contributed by atoms with Gasteiger partial charge in [-0.05, 0) is 24.6 Å². The van der Waals surface area contributed by atoms with Gasteiger partial charge in [0.25, 0.3) is 0 Å². The fourth-order valence-corrected chi connectivity index (χ4v) is 2.11. The van der Waals surface area contributed by atoms with E-state index in [0.29, 0.717) is 6.54 Å². The van der Waals surface area contributed by atoms with Gasteiger partial charge in [-0.3, -0.25) is 4.79 Å². The van der Waals surface area contributed by atoms with Crippen molar-refractivity contribution < 1.29 is 4.79 Å². The van der Waals surface area contributed by atoms with Crippen LogP contribution in [0.3, 0.4) is 0 Å². The number of hydrogen-bond donors (Lipinski definition) is 1. The molecule has 1 amide bonds. The van der Waals surface area contributed by atoms with Crippen molar-refractivity contribution in [3.05, 3.63) is 66.2 Å². The van der Waals surface area contributed by atoms with Crippen molar-refractivity contribution >= 4 is 11.6 Å². The zero-order chi connectivity index (χ0) is 14.4. The zero-order valence-corrected chi connectivity index (χ0v) is 11.9. The van der Waals surface area contributed by atoms with E-state index in [1.807, 2.05) is 74.6 Å². The Labute approximate surface area is 120 Å². The number of carbonyl (C=O) groups is 1. The van der Waals surface area contributed by atoms with Crippen LogP contribution >= 0.6 is 0 Å². The SMILES string of the molecule is CC(Nc1ccccc1)C(=O)N(C)Cc1ccccc1. The number of hydrogen-bond acceptors (Lipinski definition) is 2. The van der Waals surface area contributed by atoms with Crippen molar-refractivity contribution in [2.75, 3.05) is 12.4 Å². The molecule has 0 saturated carbocycles. The first-order valence-electron chi connectivity index (χ1n) is 6.77. The van der Waals surface area contributed by atoms with Gasteiger partial charge in [0.1, 0.15) is 6.04 Å². The average Bonchev–Trinajstić information content (AvgIpc) is 2.48. The molecule has 0 aliphatic heterocycles. The number of amides is 1. The van der Waals surface area contributed by atoms with Crippen LogP contribution in [0.1, 0.15) is 12.5 Å². The Bertz CT molecular complexity index is 490. The molecule has 1 unspecified atom stereocenters. The van der Waals surface area contributed by atoms with Gasteiger partial charge in [0.05, 0.1) is 0 Å². The lowest BCUT2D eigenvalue weighted by molar-refractivity contribution is -0.130. The van der Waals surface area contributed by atoms with Gasteiger partial charge in [0, 0.05) is 19.3 Å². The molecule has 0 spiro atoms. The highest BCUT2D eigenvalue weighted by Gasteiger charge is 2.17. The number of likely N-dealkylation sites (N-methyl/N-ethyl adjacent to an activating group) is 1. The standard InChI is InChI=1S/C17H20N2O/c1-14(18-16-11-7-4-8-12-16)17(20)19(2)13-15-9-5-3-6-10-15/h3-12,14,18H,13H2,1-2H3. The molecule has 3 heteroatoms. The third-order valence-corrected chi connectivity index (χ3v) is 3.17. The molecule has 2 rings (SSSR count). The van der Waals surface area contributed by atoms with Crippen LogP contribution in [0.2, 0.25) is 0 Å². The third kappa shape index (κ3) is 3.85. The van der Waals surface area contributed by atoms with E-state index in [-0.39, 0.29) is 11.9 Å². The normalized spacial score (nSPS) is 11.7. The molecule has 3 nitrogen and oxygen atoms in total. The molecule has 2 aromatic rings. The highest BCUT2D eigenvalue weighted by molar-refractivity contribution is 5.84. The first kappa shape index (κ1) is 14.1. The fourth-order valence-electron chi connectivity index (χ4n) is 2.11. The van der Waals surface area contributed by atoms with E-state index in [4.69, 9.17) is 0 Å². The molecule has 0 aliphatic carbocycles. The maximum Gasteiger partial charge on any atom is 0.244 e. The van der Waals surface area contributed by atoms with Crippen LogP contribution in [0.4, 0.5) is 5.69 Å². The number of para-hydroxylation sites is 1. The Balaban J connectivity index is 1.93.